The van der Waals surface area contributed by atoms with Crippen molar-refractivity contribution < 1.29 is 9.21 Å². The molecule has 2 aromatic heterocycles. The number of carbonyl (C=O) groups excluding carboxylic acids is 1. The number of fused-ring (bicyclic) bond motifs is 3. The zero-order chi connectivity index (χ0) is 15.4. The van der Waals surface area contributed by atoms with E-state index in [4.69, 9.17) is 4.42 Å². The Balaban J connectivity index is 2.13. The summed E-state index contributed by atoms with van der Waals surface area (Å²) in [6, 6.07) is 8.98. The largest absolute Gasteiger partial charge is 0.422 e. The van der Waals surface area contributed by atoms with Gasteiger partial charge in [0.05, 0.1) is 11.3 Å². The number of benzene rings is 1. The Morgan fingerprint density at radius 3 is 2.59 bits per heavy atom. The molecule has 1 amide bonds. The second-order valence-electron chi connectivity index (χ2n) is 5.22. The predicted molar refractivity (Wildman–Crippen MR) is 80.5 cm³/mol. The molecule has 108 valence electrons. The molecule has 6 nitrogen and oxygen atoms in total. The molecule has 0 aliphatic carbocycles. The average molecular weight is 293 g/mol. The molecule has 4 rings (SSSR count). The van der Waals surface area contributed by atoms with E-state index in [0.29, 0.717) is 22.4 Å². The molecule has 6 heteroatoms. The lowest BCUT2D eigenvalue weighted by Crippen LogP contribution is -2.18. The summed E-state index contributed by atoms with van der Waals surface area (Å²) in [6.45, 7) is 3.73. The lowest BCUT2D eigenvalue weighted by atomic mass is 10.1. The SMILES string of the molecule is Cc1cc(C)n(C2=NC(=O)c3c2c2ccccc2oc3=O)n1. The van der Waals surface area contributed by atoms with E-state index >= 15 is 0 Å². The first-order valence-electron chi connectivity index (χ1n) is 6.79. The molecule has 3 aromatic rings. The number of rotatable bonds is 0. The Hall–Kier alpha value is -3.02. The summed E-state index contributed by atoms with van der Waals surface area (Å²) in [6.07, 6.45) is 0. The highest BCUT2D eigenvalue weighted by atomic mass is 16.4. The van der Waals surface area contributed by atoms with Crippen molar-refractivity contribution >= 4 is 22.7 Å². The number of para-hydroxylation sites is 1. The topological polar surface area (TPSA) is 77.5 Å². The fourth-order valence-corrected chi connectivity index (χ4v) is 2.78. The van der Waals surface area contributed by atoms with Gasteiger partial charge >= 0.3 is 5.63 Å². The van der Waals surface area contributed by atoms with Crippen LogP contribution in [0.15, 0.2) is 44.5 Å². The third-order valence-corrected chi connectivity index (χ3v) is 3.67. The Morgan fingerprint density at radius 1 is 1.09 bits per heavy atom. The molecular weight excluding hydrogens is 282 g/mol. The normalized spacial score (nSPS) is 13.5. The minimum atomic E-state index is -0.668. The number of aryl methyl sites for hydroxylation is 2. The molecule has 0 radical (unpaired) electrons. The molecule has 1 aliphatic rings. The van der Waals surface area contributed by atoms with E-state index in [1.807, 2.05) is 26.0 Å². The monoisotopic (exact) mass is 293 g/mol. The first kappa shape index (κ1) is 12.7. The summed E-state index contributed by atoms with van der Waals surface area (Å²) in [7, 11) is 0. The number of hydrogen-bond donors (Lipinski definition) is 0. The van der Waals surface area contributed by atoms with Crippen LogP contribution in [0.2, 0.25) is 0 Å². The highest BCUT2D eigenvalue weighted by molar-refractivity contribution is 6.25. The van der Waals surface area contributed by atoms with Gasteiger partial charge in [-0.3, -0.25) is 4.79 Å². The van der Waals surface area contributed by atoms with Crippen molar-refractivity contribution in [3.8, 4) is 0 Å². The first-order chi connectivity index (χ1) is 10.6. The van der Waals surface area contributed by atoms with Crippen LogP contribution in [0.3, 0.4) is 0 Å². The Morgan fingerprint density at radius 2 is 1.86 bits per heavy atom. The van der Waals surface area contributed by atoms with Crippen molar-refractivity contribution in [2.45, 2.75) is 13.8 Å². The van der Waals surface area contributed by atoms with Crippen LogP contribution in [0.25, 0.3) is 11.0 Å². The van der Waals surface area contributed by atoms with E-state index in [9.17, 15) is 9.59 Å². The highest BCUT2D eigenvalue weighted by Gasteiger charge is 2.32. The van der Waals surface area contributed by atoms with Gasteiger partial charge in [0, 0.05) is 11.1 Å². The van der Waals surface area contributed by atoms with Crippen molar-refractivity contribution in [3.63, 3.8) is 0 Å². The zero-order valence-corrected chi connectivity index (χ0v) is 12.0. The Bertz CT molecular complexity index is 1040. The molecule has 0 N–H and O–H groups in total. The minimum absolute atomic E-state index is 0.0266. The molecule has 1 aliphatic heterocycles. The molecule has 1 aromatic carbocycles. The van der Waals surface area contributed by atoms with Gasteiger partial charge in [0.2, 0.25) is 0 Å². The lowest BCUT2D eigenvalue weighted by Gasteiger charge is -2.07. The van der Waals surface area contributed by atoms with Crippen molar-refractivity contribution in [1.82, 2.24) is 9.78 Å². The maximum absolute atomic E-state index is 12.1. The van der Waals surface area contributed by atoms with Crippen molar-refractivity contribution in [2.24, 2.45) is 4.99 Å². The van der Waals surface area contributed by atoms with Gasteiger partial charge in [-0.15, -0.1) is 0 Å². The van der Waals surface area contributed by atoms with E-state index in [1.54, 1.807) is 22.9 Å². The molecule has 22 heavy (non-hydrogen) atoms. The van der Waals surface area contributed by atoms with Gasteiger partial charge in [-0.05, 0) is 26.0 Å². The van der Waals surface area contributed by atoms with Crippen molar-refractivity contribution in [3.05, 3.63) is 63.3 Å². The fraction of sp³-hybridized carbons (Fsp3) is 0.125. The molecule has 0 spiro atoms. The third kappa shape index (κ3) is 1.60. The van der Waals surface area contributed by atoms with Gasteiger partial charge in [0.1, 0.15) is 11.1 Å². The molecule has 0 saturated heterocycles. The van der Waals surface area contributed by atoms with E-state index in [2.05, 4.69) is 10.1 Å². The van der Waals surface area contributed by atoms with Crippen LogP contribution >= 0.6 is 0 Å². The predicted octanol–water partition coefficient (Wildman–Crippen LogP) is 2.06. The molecule has 0 atom stereocenters. The van der Waals surface area contributed by atoms with Gasteiger partial charge < -0.3 is 4.42 Å². The average Bonchev–Trinajstić information content (AvgIpc) is 2.99. The summed E-state index contributed by atoms with van der Waals surface area (Å²) < 4.78 is 6.80. The van der Waals surface area contributed by atoms with Gasteiger partial charge in [-0.25, -0.2) is 9.48 Å². The number of aliphatic imine (C=N–C) groups is 1. The number of amides is 1. The molecular formula is C16H11N3O3. The number of carbonyl (C=O) groups is 1. The van der Waals surface area contributed by atoms with E-state index < -0.39 is 11.5 Å². The van der Waals surface area contributed by atoms with Crippen LogP contribution < -0.4 is 5.63 Å². The van der Waals surface area contributed by atoms with Gasteiger partial charge in [0.15, 0.2) is 5.84 Å². The Labute approximate surface area is 124 Å². The van der Waals surface area contributed by atoms with Crippen LogP contribution in [0.5, 0.6) is 0 Å². The molecule has 0 fully saturated rings. The summed E-state index contributed by atoms with van der Waals surface area (Å²) in [4.78, 5) is 28.3. The fourth-order valence-electron chi connectivity index (χ4n) is 2.78. The second-order valence-corrected chi connectivity index (χ2v) is 5.22. The van der Waals surface area contributed by atoms with E-state index in [0.717, 1.165) is 11.4 Å². The third-order valence-electron chi connectivity index (χ3n) is 3.67. The van der Waals surface area contributed by atoms with Crippen LogP contribution in [-0.2, 0) is 0 Å². The molecule has 0 bridgehead atoms. The Kier molecular flexibility index (Phi) is 2.45. The number of hydrogen-bond acceptors (Lipinski definition) is 4. The molecule has 0 saturated carbocycles. The number of aromatic nitrogens is 2. The van der Waals surface area contributed by atoms with Crippen LogP contribution in [0, 0.1) is 13.8 Å². The quantitative estimate of drug-likeness (QED) is 0.594. The number of nitrogens with zero attached hydrogens (tertiary/aromatic N) is 3. The van der Waals surface area contributed by atoms with Crippen LogP contribution in [0.1, 0.15) is 27.3 Å². The lowest BCUT2D eigenvalue weighted by molar-refractivity contribution is 0.100. The maximum Gasteiger partial charge on any atom is 0.350 e. The zero-order valence-electron chi connectivity index (χ0n) is 12.0. The minimum Gasteiger partial charge on any atom is -0.422 e. The smallest absolute Gasteiger partial charge is 0.350 e. The van der Waals surface area contributed by atoms with Gasteiger partial charge in [-0.1, -0.05) is 18.2 Å². The summed E-state index contributed by atoms with van der Waals surface area (Å²) in [5.41, 5.74) is 1.88. The summed E-state index contributed by atoms with van der Waals surface area (Å²) in [5.74, 6) is -0.216. The van der Waals surface area contributed by atoms with Gasteiger partial charge in [0.25, 0.3) is 5.91 Å². The van der Waals surface area contributed by atoms with E-state index in [1.165, 1.54) is 0 Å². The summed E-state index contributed by atoms with van der Waals surface area (Å²) in [5, 5.41) is 5.04. The highest BCUT2D eigenvalue weighted by Crippen LogP contribution is 2.26. The standard InChI is InChI=1S/C16H11N3O3/c1-8-7-9(2)19(18-8)14-12-10-5-3-4-6-11(10)22-16(21)13(12)15(20)17-14/h3-7H,1-2H3. The first-order valence-corrected chi connectivity index (χ1v) is 6.79. The van der Waals surface area contributed by atoms with Crippen molar-refractivity contribution in [2.75, 3.05) is 0 Å². The molecule has 0 unspecified atom stereocenters. The van der Waals surface area contributed by atoms with Crippen molar-refractivity contribution in [1.29, 1.82) is 0 Å². The summed E-state index contributed by atoms with van der Waals surface area (Å²) >= 11 is 0. The van der Waals surface area contributed by atoms with Crippen LogP contribution in [0.4, 0.5) is 0 Å². The van der Waals surface area contributed by atoms with Gasteiger partial charge in [-0.2, -0.15) is 10.1 Å². The molecule has 3 heterocycles. The van der Waals surface area contributed by atoms with E-state index in [-0.39, 0.29) is 5.56 Å². The van der Waals surface area contributed by atoms with Crippen LogP contribution in [-0.4, -0.2) is 21.5 Å². The second kappa shape index (κ2) is 4.24. The maximum atomic E-state index is 12.1.